The summed E-state index contributed by atoms with van der Waals surface area (Å²) in [5, 5.41) is 2.73. The summed E-state index contributed by atoms with van der Waals surface area (Å²) in [5.74, 6) is -2.38. The molecular weight excluding hydrogens is 386 g/mol. The van der Waals surface area contributed by atoms with Gasteiger partial charge in [0.2, 0.25) is 5.91 Å². The highest BCUT2D eigenvalue weighted by molar-refractivity contribution is 7.99. The third-order valence-electron chi connectivity index (χ3n) is 3.79. The van der Waals surface area contributed by atoms with Crippen molar-refractivity contribution in [2.24, 2.45) is 5.73 Å². The Morgan fingerprint density at radius 2 is 1.79 bits per heavy atom. The molecule has 8 heteroatoms. The van der Waals surface area contributed by atoms with E-state index in [1.807, 2.05) is 20.8 Å². The van der Waals surface area contributed by atoms with Crippen LogP contribution in [0.3, 0.4) is 0 Å². The first kappa shape index (κ1) is 21.7. The summed E-state index contributed by atoms with van der Waals surface area (Å²) in [5.41, 5.74) is 6.80. The number of benzene rings is 2. The lowest BCUT2D eigenvalue weighted by Gasteiger charge is -2.22. The van der Waals surface area contributed by atoms with Gasteiger partial charge in [-0.05, 0) is 41.3 Å². The molecule has 0 aliphatic carbocycles. The number of halogens is 2. The van der Waals surface area contributed by atoms with Gasteiger partial charge in [-0.2, -0.15) is 8.78 Å². The van der Waals surface area contributed by atoms with Gasteiger partial charge in [0.1, 0.15) is 5.75 Å². The molecular formula is C20H22F2N2O3S. The van der Waals surface area contributed by atoms with Crippen molar-refractivity contribution in [2.45, 2.75) is 43.3 Å². The Bertz CT molecular complexity index is 850. The number of hydrogen-bond donors (Lipinski definition) is 2. The third kappa shape index (κ3) is 6.53. The summed E-state index contributed by atoms with van der Waals surface area (Å²) in [6.07, 6.45) is -0.794. The Hall–Kier alpha value is -2.61. The number of anilines is 1. The Kier molecular flexibility index (Phi) is 7.01. The quantitative estimate of drug-likeness (QED) is 0.664. The van der Waals surface area contributed by atoms with Crippen molar-refractivity contribution in [3.8, 4) is 5.75 Å². The maximum Gasteiger partial charge on any atom is 0.409 e. The van der Waals surface area contributed by atoms with Crippen molar-refractivity contribution in [3.63, 3.8) is 0 Å². The SMILES string of the molecule is CC(C)(C)c1cc(CC(=O)Nc2ccc(SC(F)F)cc2)ccc1OC(N)=O. The second-order valence-electron chi connectivity index (χ2n) is 7.13. The summed E-state index contributed by atoms with van der Waals surface area (Å²) in [7, 11) is 0. The summed E-state index contributed by atoms with van der Waals surface area (Å²) < 4.78 is 29.7. The van der Waals surface area contributed by atoms with E-state index in [2.05, 4.69) is 5.32 Å². The molecule has 2 amide bonds. The van der Waals surface area contributed by atoms with Crippen LogP contribution in [0.1, 0.15) is 31.9 Å². The molecule has 0 saturated heterocycles. The molecule has 5 nitrogen and oxygen atoms in total. The van der Waals surface area contributed by atoms with Gasteiger partial charge in [-0.15, -0.1) is 0 Å². The second kappa shape index (κ2) is 9.05. The van der Waals surface area contributed by atoms with Gasteiger partial charge >= 0.3 is 6.09 Å². The fourth-order valence-electron chi connectivity index (χ4n) is 2.58. The Labute approximate surface area is 166 Å². The van der Waals surface area contributed by atoms with E-state index >= 15 is 0 Å². The standard InChI is InChI=1S/C20H22F2N2O3S/c1-20(2,3)15-10-12(4-9-16(15)27-19(23)26)11-17(25)24-13-5-7-14(8-6-13)28-18(21)22/h4-10,18H,11H2,1-3H3,(H2,23,26)(H,24,25). The molecule has 0 atom stereocenters. The highest BCUT2D eigenvalue weighted by atomic mass is 32.2. The van der Waals surface area contributed by atoms with Crippen LogP contribution in [0.2, 0.25) is 0 Å². The van der Waals surface area contributed by atoms with Crippen LogP contribution >= 0.6 is 11.8 Å². The molecule has 0 saturated carbocycles. The molecule has 0 radical (unpaired) electrons. The van der Waals surface area contributed by atoms with Crippen LogP contribution in [0.25, 0.3) is 0 Å². The first-order chi connectivity index (χ1) is 13.0. The van der Waals surface area contributed by atoms with Gasteiger partial charge in [-0.3, -0.25) is 4.79 Å². The number of amides is 2. The molecule has 3 N–H and O–H groups in total. The zero-order valence-electron chi connectivity index (χ0n) is 15.8. The number of carbonyl (C=O) groups is 2. The minimum absolute atomic E-state index is 0.105. The minimum atomic E-state index is -2.49. The van der Waals surface area contributed by atoms with E-state index in [-0.39, 0.29) is 17.7 Å². The Balaban J connectivity index is 2.10. The predicted molar refractivity (Wildman–Crippen MR) is 106 cm³/mol. The maximum absolute atomic E-state index is 12.3. The number of nitrogens with two attached hydrogens (primary N) is 1. The summed E-state index contributed by atoms with van der Waals surface area (Å²) in [6.45, 7) is 5.87. The molecule has 0 aromatic heterocycles. The Morgan fingerprint density at radius 3 is 2.32 bits per heavy atom. The minimum Gasteiger partial charge on any atom is -0.410 e. The van der Waals surface area contributed by atoms with Gasteiger partial charge in [-0.1, -0.05) is 44.7 Å². The van der Waals surface area contributed by atoms with Crippen LogP contribution < -0.4 is 15.8 Å². The third-order valence-corrected chi connectivity index (χ3v) is 4.51. The van der Waals surface area contributed by atoms with E-state index in [4.69, 9.17) is 10.5 Å². The number of carbonyl (C=O) groups excluding carboxylic acids is 2. The molecule has 2 rings (SSSR count). The lowest BCUT2D eigenvalue weighted by molar-refractivity contribution is -0.115. The van der Waals surface area contributed by atoms with E-state index in [1.54, 1.807) is 30.3 Å². The van der Waals surface area contributed by atoms with E-state index in [0.29, 0.717) is 28.1 Å². The summed E-state index contributed by atoms with van der Waals surface area (Å²) in [6, 6.07) is 11.3. The molecule has 2 aromatic carbocycles. The smallest absolute Gasteiger partial charge is 0.409 e. The van der Waals surface area contributed by atoms with Gasteiger partial charge in [0.05, 0.1) is 6.42 Å². The fraction of sp³-hybridized carbons (Fsp3) is 0.300. The normalized spacial score (nSPS) is 11.4. The van der Waals surface area contributed by atoms with Crippen LogP contribution in [0, 0.1) is 0 Å². The van der Waals surface area contributed by atoms with Gasteiger partial charge in [0.15, 0.2) is 0 Å². The Morgan fingerprint density at radius 1 is 1.14 bits per heavy atom. The summed E-state index contributed by atoms with van der Waals surface area (Å²) >= 11 is 0.447. The molecule has 0 aliphatic heterocycles. The second-order valence-corrected chi connectivity index (χ2v) is 8.19. The molecule has 150 valence electrons. The van der Waals surface area contributed by atoms with Gasteiger partial charge < -0.3 is 15.8 Å². The molecule has 0 bridgehead atoms. The average Bonchev–Trinajstić information content (AvgIpc) is 2.56. The lowest BCUT2D eigenvalue weighted by atomic mass is 9.85. The van der Waals surface area contributed by atoms with Crippen molar-refractivity contribution in [2.75, 3.05) is 5.32 Å². The number of alkyl halides is 2. The first-order valence-electron chi connectivity index (χ1n) is 8.50. The van der Waals surface area contributed by atoms with Crippen molar-refractivity contribution >= 4 is 29.4 Å². The topological polar surface area (TPSA) is 81.4 Å². The van der Waals surface area contributed by atoms with Crippen molar-refractivity contribution in [1.82, 2.24) is 0 Å². The molecule has 0 heterocycles. The number of nitrogens with one attached hydrogen (secondary N) is 1. The molecule has 0 aliphatic rings. The van der Waals surface area contributed by atoms with Crippen LogP contribution in [0.5, 0.6) is 5.75 Å². The molecule has 28 heavy (non-hydrogen) atoms. The number of thioether (sulfide) groups is 1. The van der Waals surface area contributed by atoms with Crippen LogP contribution in [-0.2, 0) is 16.6 Å². The number of hydrogen-bond acceptors (Lipinski definition) is 4. The van der Waals surface area contributed by atoms with E-state index in [9.17, 15) is 18.4 Å². The van der Waals surface area contributed by atoms with E-state index in [0.717, 1.165) is 11.1 Å². The van der Waals surface area contributed by atoms with Crippen LogP contribution in [0.15, 0.2) is 47.4 Å². The lowest BCUT2D eigenvalue weighted by Crippen LogP contribution is -2.21. The summed E-state index contributed by atoms with van der Waals surface area (Å²) in [4.78, 5) is 23.8. The number of primary amides is 1. The van der Waals surface area contributed by atoms with Gasteiger partial charge in [0.25, 0.3) is 5.76 Å². The van der Waals surface area contributed by atoms with Gasteiger partial charge in [0, 0.05) is 16.1 Å². The zero-order chi connectivity index (χ0) is 20.9. The van der Waals surface area contributed by atoms with Crippen LogP contribution in [-0.4, -0.2) is 17.8 Å². The monoisotopic (exact) mass is 408 g/mol. The largest absolute Gasteiger partial charge is 0.410 e. The molecule has 0 unspecified atom stereocenters. The average molecular weight is 408 g/mol. The highest BCUT2D eigenvalue weighted by Crippen LogP contribution is 2.32. The molecule has 0 spiro atoms. The highest BCUT2D eigenvalue weighted by Gasteiger charge is 2.21. The first-order valence-corrected chi connectivity index (χ1v) is 9.38. The molecule has 2 aromatic rings. The fourth-order valence-corrected chi connectivity index (χ4v) is 3.08. The van der Waals surface area contributed by atoms with Crippen molar-refractivity contribution in [3.05, 3.63) is 53.6 Å². The maximum atomic E-state index is 12.3. The van der Waals surface area contributed by atoms with E-state index in [1.165, 1.54) is 12.1 Å². The van der Waals surface area contributed by atoms with Gasteiger partial charge in [-0.25, -0.2) is 4.79 Å². The predicted octanol–water partition coefficient (Wildman–Crippen LogP) is 4.94. The number of rotatable bonds is 6. The van der Waals surface area contributed by atoms with Crippen molar-refractivity contribution in [1.29, 1.82) is 0 Å². The zero-order valence-corrected chi connectivity index (χ0v) is 16.6. The van der Waals surface area contributed by atoms with Crippen LogP contribution in [0.4, 0.5) is 19.3 Å². The van der Waals surface area contributed by atoms with Crippen molar-refractivity contribution < 1.29 is 23.1 Å². The number of ether oxygens (including phenoxy) is 1. The molecule has 0 fully saturated rings. The van der Waals surface area contributed by atoms with E-state index < -0.39 is 11.9 Å².